The molecule has 67 valence electrons. The molecule has 1 atom stereocenters. The van der Waals surface area contributed by atoms with E-state index in [4.69, 9.17) is 5.73 Å². The number of aliphatic hydroxyl groups excluding tert-OH is 1. The van der Waals surface area contributed by atoms with Crippen molar-refractivity contribution in [2.24, 2.45) is 0 Å². The molecule has 0 aliphatic rings. The second-order valence-electron chi connectivity index (χ2n) is 2.56. The van der Waals surface area contributed by atoms with E-state index in [0.29, 0.717) is 17.0 Å². The second kappa shape index (κ2) is 2.67. The van der Waals surface area contributed by atoms with Gasteiger partial charge >= 0.3 is 0 Å². The molecule has 1 radical (unpaired) electrons. The minimum absolute atomic E-state index is 0.296. The summed E-state index contributed by atoms with van der Waals surface area (Å²) in [6.45, 7) is 3.44. The molecular formula is C7H8N5O. The fourth-order valence-corrected chi connectivity index (χ4v) is 1.09. The molecule has 3 N–H and O–H groups in total. The first-order chi connectivity index (χ1) is 6.20. The molecule has 0 fully saturated rings. The lowest BCUT2D eigenvalue weighted by atomic mass is 10.5. The Balaban J connectivity index is 2.75. The Kier molecular flexibility index (Phi) is 1.63. The third-order valence-electron chi connectivity index (χ3n) is 1.71. The van der Waals surface area contributed by atoms with Gasteiger partial charge in [-0.1, -0.05) is 0 Å². The van der Waals surface area contributed by atoms with Gasteiger partial charge in [0.15, 0.2) is 11.5 Å². The molecular weight excluding hydrogens is 170 g/mol. The summed E-state index contributed by atoms with van der Waals surface area (Å²) in [5, 5.41) is 9.21. The summed E-state index contributed by atoms with van der Waals surface area (Å²) in [6.07, 6.45) is 1.82. The fourth-order valence-electron chi connectivity index (χ4n) is 1.09. The molecule has 0 bridgehead atoms. The summed E-state index contributed by atoms with van der Waals surface area (Å²) in [6, 6.07) is 0. The number of nitrogen functional groups attached to an aromatic ring is 1. The summed E-state index contributed by atoms with van der Waals surface area (Å²) in [4.78, 5) is 11.7. The van der Waals surface area contributed by atoms with Crippen LogP contribution in [0.5, 0.6) is 0 Å². The lowest BCUT2D eigenvalue weighted by molar-refractivity contribution is 0.155. The number of aliphatic hydroxyl groups is 1. The average Bonchev–Trinajstić information content (AvgIpc) is 2.48. The van der Waals surface area contributed by atoms with Crippen LogP contribution in [0.3, 0.4) is 0 Å². The van der Waals surface area contributed by atoms with Gasteiger partial charge in [0.25, 0.3) is 0 Å². The van der Waals surface area contributed by atoms with Gasteiger partial charge in [-0.2, -0.15) is 0 Å². The third-order valence-corrected chi connectivity index (χ3v) is 1.71. The number of rotatable bonds is 1. The van der Waals surface area contributed by atoms with E-state index in [1.54, 1.807) is 0 Å². The van der Waals surface area contributed by atoms with Crippen molar-refractivity contribution < 1.29 is 5.11 Å². The van der Waals surface area contributed by atoms with Gasteiger partial charge in [0, 0.05) is 0 Å². The van der Waals surface area contributed by atoms with E-state index in [-0.39, 0.29) is 0 Å². The van der Waals surface area contributed by atoms with E-state index in [1.807, 2.05) is 0 Å². The van der Waals surface area contributed by atoms with Crippen LogP contribution in [0.4, 0.5) is 5.82 Å². The number of imidazole rings is 1. The van der Waals surface area contributed by atoms with Crippen LogP contribution in [0, 0.1) is 6.92 Å². The molecule has 0 saturated carbocycles. The van der Waals surface area contributed by atoms with E-state index in [2.05, 4.69) is 21.9 Å². The Labute approximate surface area is 74.1 Å². The Morgan fingerprint density at radius 1 is 1.46 bits per heavy atom. The minimum Gasteiger partial charge on any atom is -0.382 e. The van der Waals surface area contributed by atoms with Crippen molar-refractivity contribution >= 4 is 17.0 Å². The maximum absolute atomic E-state index is 9.21. The first kappa shape index (κ1) is 7.93. The minimum atomic E-state index is -0.917. The molecule has 0 spiro atoms. The highest BCUT2D eigenvalue weighted by atomic mass is 16.3. The third kappa shape index (κ3) is 1.11. The zero-order valence-corrected chi connectivity index (χ0v) is 6.75. The van der Waals surface area contributed by atoms with Crippen LogP contribution >= 0.6 is 0 Å². The molecule has 0 amide bonds. The number of hydrogen-bond donors (Lipinski definition) is 2. The summed E-state index contributed by atoms with van der Waals surface area (Å²) in [5.74, 6) is 0.296. The zero-order chi connectivity index (χ0) is 9.42. The second-order valence-corrected chi connectivity index (χ2v) is 2.56. The highest BCUT2D eigenvalue weighted by Crippen LogP contribution is 2.16. The average molecular weight is 178 g/mol. The van der Waals surface area contributed by atoms with Gasteiger partial charge in [0.05, 0.1) is 6.33 Å². The SMILES string of the molecule is [CH2]C(O)n1cnc2c(N)ncnc21. The summed E-state index contributed by atoms with van der Waals surface area (Å²) < 4.78 is 1.41. The van der Waals surface area contributed by atoms with E-state index in [0.717, 1.165) is 0 Å². The molecule has 2 aromatic heterocycles. The largest absolute Gasteiger partial charge is 0.382 e. The topological polar surface area (TPSA) is 89.8 Å². The van der Waals surface area contributed by atoms with Crippen molar-refractivity contribution in [3.63, 3.8) is 0 Å². The Morgan fingerprint density at radius 3 is 2.92 bits per heavy atom. The molecule has 13 heavy (non-hydrogen) atoms. The molecule has 1 unspecified atom stereocenters. The lowest BCUT2D eigenvalue weighted by Crippen LogP contribution is -2.03. The van der Waals surface area contributed by atoms with E-state index in [1.165, 1.54) is 17.2 Å². The smallest absolute Gasteiger partial charge is 0.167 e. The molecule has 0 aliphatic carbocycles. The van der Waals surface area contributed by atoms with Crippen LogP contribution in [0.1, 0.15) is 6.23 Å². The monoisotopic (exact) mass is 178 g/mol. The molecule has 2 aromatic rings. The van der Waals surface area contributed by atoms with Crippen LogP contribution in [0.15, 0.2) is 12.7 Å². The molecule has 0 saturated heterocycles. The van der Waals surface area contributed by atoms with Crippen molar-refractivity contribution in [1.82, 2.24) is 19.5 Å². The summed E-state index contributed by atoms with van der Waals surface area (Å²) >= 11 is 0. The number of fused-ring (bicyclic) bond motifs is 1. The summed E-state index contributed by atoms with van der Waals surface area (Å²) in [7, 11) is 0. The first-order valence-corrected chi connectivity index (χ1v) is 3.64. The Morgan fingerprint density at radius 2 is 2.23 bits per heavy atom. The van der Waals surface area contributed by atoms with Gasteiger partial charge in [-0.25, -0.2) is 15.0 Å². The molecule has 0 aromatic carbocycles. The molecule has 2 heterocycles. The quantitative estimate of drug-likeness (QED) is 0.627. The Bertz CT molecular complexity index is 435. The highest BCUT2D eigenvalue weighted by molar-refractivity contribution is 5.81. The maximum atomic E-state index is 9.21. The maximum Gasteiger partial charge on any atom is 0.167 e. The Hall–Kier alpha value is -1.69. The van der Waals surface area contributed by atoms with Crippen molar-refractivity contribution in [2.45, 2.75) is 6.23 Å². The lowest BCUT2D eigenvalue weighted by Gasteiger charge is -2.04. The number of aromatic nitrogens is 4. The van der Waals surface area contributed by atoms with Gasteiger partial charge in [0.2, 0.25) is 0 Å². The predicted molar refractivity (Wildman–Crippen MR) is 46.3 cm³/mol. The van der Waals surface area contributed by atoms with Crippen LogP contribution in [-0.4, -0.2) is 24.6 Å². The first-order valence-electron chi connectivity index (χ1n) is 3.64. The molecule has 0 aliphatic heterocycles. The molecule has 2 rings (SSSR count). The van der Waals surface area contributed by atoms with Crippen LogP contribution in [-0.2, 0) is 0 Å². The standard InChI is InChI=1S/C7H8N5O/c1-4(13)12-3-11-5-6(8)9-2-10-7(5)12/h2-4,13H,1H2,(H2,8,9,10). The van der Waals surface area contributed by atoms with Crippen LogP contribution < -0.4 is 5.73 Å². The van der Waals surface area contributed by atoms with Gasteiger partial charge in [-0.05, 0) is 6.92 Å². The van der Waals surface area contributed by atoms with Crippen molar-refractivity contribution in [3.8, 4) is 0 Å². The van der Waals surface area contributed by atoms with Crippen molar-refractivity contribution in [2.75, 3.05) is 5.73 Å². The number of hydrogen-bond acceptors (Lipinski definition) is 5. The van der Waals surface area contributed by atoms with Gasteiger partial charge < -0.3 is 10.8 Å². The number of anilines is 1. The summed E-state index contributed by atoms with van der Waals surface area (Å²) in [5.41, 5.74) is 6.50. The van der Waals surface area contributed by atoms with Gasteiger partial charge in [-0.3, -0.25) is 4.57 Å². The van der Waals surface area contributed by atoms with E-state index < -0.39 is 6.23 Å². The van der Waals surface area contributed by atoms with Gasteiger partial charge in [0.1, 0.15) is 18.1 Å². The van der Waals surface area contributed by atoms with E-state index >= 15 is 0 Å². The molecule has 6 heteroatoms. The van der Waals surface area contributed by atoms with Crippen LogP contribution in [0.2, 0.25) is 0 Å². The van der Waals surface area contributed by atoms with Crippen molar-refractivity contribution in [3.05, 3.63) is 19.6 Å². The van der Waals surface area contributed by atoms with E-state index in [9.17, 15) is 5.11 Å². The fraction of sp³-hybridized carbons (Fsp3) is 0.143. The molecule has 6 nitrogen and oxygen atoms in total. The van der Waals surface area contributed by atoms with Crippen molar-refractivity contribution in [1.29, 1.82) is 0 Å². The normalized spacial score (nSPS) is 13.4. The number of nitrogens with two attached hydrogens (primary N) is 1. The van der Waals surface area contributed by atoms with Crippen LogP contribution in [0.25, 0.3) is 11.2 Å². The van der Waals surface area contributed by atoms with Gasteiger partial charge in [-0.15, -0.1) is 0 Å². The highest BCUT2D eigenvalue weighted by Gasteiger charge is 2.09. The predicted octanol–water partition coefficient (Wildman–Crippen LogP) is -0.267. The zero-order valence-electron chi connectivity index (χ0n) is 6.75. The number of nitrogens with zero attached hydrogens (tertiary/aromatic N) is 4.